The van der Waals surface area contributed by atoms with Gasteiger partial charge in [0.1, 0.15) is 29.5 Å². The molecule has 1 saturated heterocycles. The van der Waals surface area contributed by atoms with Gasteiger partial charge in [0.15, 0.2) is 0 Å². The van der Waals surface area contributed by atoms with Crippen molar-refractivity contribution in [1.29, 1.82) is 0 Å². The van der Waals surface area contributed by atoms with Crippen molar-refractivity contribution in [3.8, 4) is 5.75 Å². The van der Waals surface area contributed by atoms with E-state index in [-0.39, 0.29) is 35.3 Å². The molecule has 2 aromatic carbocycles. The first-order chi connectivity index (χ1) is 17.2. The van der Waals surface area contributed by atoms with E-state index in [0.29, 0.717) is 18.4 Å². The van der Waals surface area contributed by atoms with Gasteiger partial charge >= 0.3 is 6.18 Å². The van der Waals surface area contributed by atoms with Crippen molar-refractivity contribution in [2.45, 2.75) is 49.9 Å². The number of sulfonamides is 1. The summed E-state index contributed by atoms with van der Waals surface area (Å²) in [5, 5.41) is -0.341. The summed E-state index contributed by atoms with van der Waals surface area (Å²) >= 11 is 5.97. The van der Waals surface area contributed by atoms with E-state index in [1.807, 2.05) is 0 Å². The van der Waals surface area contributed by atoms with Crippen LogP contribution in [0.3, 0.4) is 0 Å². The van der Waals surface area contributed by atoms with E-state index in [4.69, 9.17) is 16.3 Å². The van der Waals surface area contributed by atoms with Crippen LogP contribution in [-0.4, -0.2) is 50.9 Å². The molecule has 1 amide bonds. The number of hydrogen-bond acceptors (Lipinski definition) is 5. The summed E-state index contributed by atoms with van der Waals surface area (Å²) in [6.45, 7) is -0.0634. The second-order valence-electron chi connectivity index (χ2n) is 9.33. The Labute approximate surface area is 215 Å². The molecule has 0 radical (unpaired) electrons. The number of halogens is 6. The van der Waals surface area contributed by atoms with E-state index in [1.54, 1.807) is 4.72 Å². The van der Waals surface area contributed by atoms with Crippen molar-refractivity contribution in [2.75, 3.05) is 19.3 Å². The molecule has 13 heteroatoms. The number of rotatable bonds is 7. The number of alkyl halides is 3. The molecule has 2 aromatic rings. The van der Waals surface area contributed by atoms with Gasteiger partial charge in [-0.1, -0.05) is 17.7 Å². The minimum absolute atomic E-state index is 0.0407. The molecule has 1 saturated carbocycles. The molecule has 0 aromatic heterocycles. The molecule has 4 rings (SSSR count). The maximum Gasteiger partial charge on any atom is 0.408 e. The maximum atomic E-state index is 14.8. The van der Waals surface area contributed by atoms with Crippen LogP contribution in [0.15, 0.2) is 30.3 Å². The van der Waals surface area contributed by atoms with Gasteiger partial charge in [-0.2, -0.15) is 13.2 Å². The molecular formula is C24H24ClF5N2O4S. The number of ether oxygens (including phenoxy) is 1. The van der Waals surface area contributed by atoms with Crippen molar-refractivity contribution in [1.82, 2.24) is 9.62 Å². The van der Waals surface area contributed by atoms with Crippen molar-refractivity contribution < 1.29 is 39.9 Å². The van der Waals surface area contributed by atoms with Gasteiger partial charge in [-0.05, 0) is 67.5 Å². The molecule has 2 aliphatic rings. The van der Waals surface area contributed by atoms with Crippen molar-refractivity contribution in [3.63, 3.8) is 0 Å². The Balaban J connectivity index is 1.59. The lowest BCUT2D eigenvalue weighted by Gasteiger charge is -2.39. The molecule has 0 spiro atoms. The number of likely N-dealkylation sites (tertiary alicyclic amines) is 1. The third-order valence-electron chi connectivity index (χ3n) is 6.27. The summed E-state index contributed by atoms with van der Waals surface area (Å²) in [5.41, 5.74) is -0.249. The number of hydrogen-bond donors (Lipinski definition) is 1. The lowest BCUT2D eigenvalue weighted by atomic mass is 9.99. The number of nitrogens with one attached hydrogen (secondary N) is 1. The van der Waals surface area contributed by atoms with Crippen molar-refractivity contribution in [2.24, 2.45) is 0 Å². The zero-order valence-corrected chi connectivity index (χ0v) is 21.2. The van der Waals surface area contributed by atoms with Crippen LogP contribution in [0.1, 0.15) is 59.1 Å². The van der Waals surface area contributed by atoms with Crippen LogP contribution >= 0.6 is 11.6 Å². The Bertz CT molecular complexity index is 1300. The smallest absolute Gasteiger partial charge is 0.408 e. The molecule has 202 valence electrons. The monoisotopic (exact) mass is 566 g/mol. The summed E-state index contributed by atoms with van der Waals surface area (Å²) in [6.07, 6.45) is -2.43. The molecule has 0 bridgehead atoms. The highest BCUT2D eigenvalue weighted by atomic mass is 35.5. The highest BCUT2D eigenvalue weighted by Crippen LogP contribution is 2.46. The maximum absolute atomic E-state index is 14.8. The quantitative estimate of drug-likeness (QED) is 0.459. The van der Waals surface area contributed by atoms with E-state index in [9.17, 15) is 35.2 Å². The number of piperidine rings is 1. The van der Waals surface area contributed by atoms with Gasteiger partial charge in [0.2, 0.25) is 10.0 Å². The molecule has 37 heavy (non-hydrogen) atoms. The lowest BCUT2D eigenvalue weighted by molar-refractivity contribution is -0.192. The van der Waals surface area contributed by atoms with Gasteiger partial charge in [0.05, 0.1) is 11.8 Å². The molecule has 6 nitrogen and oxygen atoms in total. The van der Waals surface area contributed by atoms with Gasteiger partial charge in [0, 0.05) is 17.6 Å². The zero-order valence-electron chi connectivity index (χ0n) is 19.6. The van der Waals surface area contributed by atoms with Crippen LogP contribution in [0.4, 0.5) is 22.0 Å². The van der Waals surface area contributed by atoms with E-state index >= 15 is 0 Å². The highest BCUT2D eigenvalue weighted by molar-refractivity contribution is 7.89. The predicted octanol–water partition coefficient (Wildman–Crippen LogP) is 5.33. The second kappa shape index (κ2) is 10.4. The molecule has 1 aliphatic heterocycles. The second-order valence-corrected chi connectivity index (χ2v) is 11.5. The van der Waals surface area contributed by atoms with Gasteiger partial charge in [-0.3, -0.25) is 9.69 Å². The van der Waals surface area contributed by atoms with Crippen LogP contribution in [0.5, 0.6) is 5.75 Å². The standard InChI is InChI=1S/C24H24ClF5N2O4S/c1-37(34,35)31-23(33)18-10-17(13-4-5-13)21(11-20(18)27)36-15-3-2-8-32(12-15)22(24(28,29)30)16-7-6-14(26)9-19(16)25/h6-7,9-11,13,15,22H,2-5,8,12H2,1H3,(H,31,33)/t15?,22-/m1/s1. The van der Waals surface area contributed by atoms with Crippen LogP contribution in [-0.2, 0) is 10.0 Å². The fourth-order valence-electron chi connectivity index (χ4n) is 4.56. The molecule has 1 N–H and O–H groups in total. The molecule has 1 unspecified atom stereocenters. The summed E-state index contributed by atoms with van der Waals surface area (Å²) in [7, 11) is -3.92. The Morgan fingerprint density at radius 2 is 1.86 bits per heavy atom. The topological polar surface area (TPSA) is 75.7 Å². The van der Waals surface area contributed by atoms with Gasteiger partial charge < -0.3 is 4.74 Å². The molecule has 2 fully saturated rings. The minimum Gasteiger partial charge on any atom is -0.489 e. The fraction of sp³-hybridized carbons (Fsp3) is 0.458. The first kappa shape index (κ1) is 27.6. The first-order valence-corrected chi connectivity index (χ1v) is 13.8. The van der Waals surface area contributed by atoms with Crippen LogP contribution in [0.2, 0.25) is 5.02 Å². The number of benzene rings is 2. The SMILES string of the molecule is CS(=O)(=O)NC(=O)c1cc(C2CC2)c(OC2CCCN([C@H](c3ccc(F)cc3Cl)C(F)(F)F)C2)cc1F. The van der Waals surface area contributed by atoms with Gasteiger partial charge in [0.25, 0.3) is 5.91 Å². The number of nitrogens with zero attached hydrogens (tertiary/aromatic N) is 1. The molecular weight excluding hydrogens is 543 g/mol. The Morgan fingerprint density at radius 3 is 2.46 bits per heavy atom. The highest BCUT2D eigenvalue weighted by Gasteiger charge is 2.47. The van der Waals surface area contributed by atoms with Crippen LogP contribution in [0.25, 0.3) is 0 Å². The largest absolute Gasteiger partial charge is 0.489 e. The zero-order chi connectivity index (χ0) is 27.1. The Hall–Kier alpha value is -2.44. The van der Waals surface area contributed by atoms with E-state index in [2.05, 4.69) is 0 Å². The number of carbonyl (C=O) groups excluding carboxylic acids is 1. The molecule has 1 heterocycles. The first-order valence-electron chi connectivity index (χ1n) is 11.5. The van der Waals surface area contributed by atoms with Crippen LogP contribution < -0.4 is 9.46 Å². The average molecular weight is 567 g/mol. The average Bonchev–Trinajstić information content (AvgIpc) is 3.59. The molecule has 2 atom stereocenters. The van der Waals surface area contributed by atoms with E-state index in [0.717, 1.165) is 48.3 Å². The van der Waals surface area contributed by atoms with E-state index in [1.165, 1.54) is 6.07 Å². The Morgan fingerprint density at radius 1 is 1.16 bits per heavy atom. The van der Waals surface area contributed by atoms with Crippen LogP contribution in [0, 0.1) is 11.6 Å². The summed E-state index contributed by atoms with van der Waals surface area (Å²) < 4.78 is 101. The third kappa shape index (κ3) is 6.71. The predicted molar refractivity (Wildman–Crippen MR) is 126 cm³/mol. The minimum atomic E-state index is -4.71. The number of carbonyl (C=O) groups is 1. The molecule has 1 aliphatic carbocycles. The summed E-state index contributed by atoms with van der Waals surface area (Å²) in [4.78, 5) is 13.4. The van der Waals surface area contributed by atoms with Crippen molar-refractivity contribution in [3.05, 3.63) is 63.7 Å². The van der Waals surface area contributed by atoms with Gasteiger partial charge in [-0.15, -0.1) is 0 Å². The normalized spacial score (nSPS) is 19.9. The Kier molecular flexibility index (Phi) is 7.74. The fourth-order valence-corrected chi connectivity index (χ4v) is 5.28. The van der Waals surface area contributed by atoms with E-state index < -0.39 is 51.5 Å². The van der Waals surface area contributed by atoms with Gasteiger partial charge in [-0.25, -0.2) is 21.9 Å². The summed E-state index contributed by atoms with van der Waals surface area (Å²) in [6, 6.07) is 2.89. The van der Waals surface area contributed by atoms with Crippen molar-refractivity contribution >= 4 is 27.5 Å². The number of amides is 1. The summed E-state index contributed by atoms with van der Waals surface area (Å²) in [5.74, 6) is -2.83. The third-order valence-corrected chi connectivity index (χ3v) is 7.16. The lowest BCUT2D eigenvalue weighted by Crippen LogP contribution is -2.47.